The van der Waals surface area contributed by atoms with Gasteiger partial charge < -0.3 is 15.5 Å². The minimum atomic E-state index is -0.176. The number of amides is 1. The summed E-state index contributed by atoms with van der Waals surface area (Å²) in [5.74, 6) is 1.03. The maximum atomic E-state index is 12.5. The van der Waals surface area contributed by atoms with Crippen molar-refractivity contribution in [2.45, 2.75) is 26.3 Å². The van der Waals surface area contributed by atoms with E-state index in [-0.39, 0.29) is 11.9 Å². The van der Waals surface area contributed by atoms with Gasteiger partial charge in [0.05, 0.1) is 0 Å². The Morgan fingerprint density at radius 2 is 1.88 bits per heavy atom. The highest BCUT2D eigenvalue weighted by Gasteiger charge is 2.13. The number of hydrogen-bond acceptors (Lipinski definition) is 5. The molecular formula is C19H27N5O. The molecule has 0 atom stereocenters. The smallest absolute Gasteiger partial charge is 0.270 e. The number of benzene rings is 1. The Bertz CT molecular complexity index is 685. The van der Waals surface area contributed by atoms with E-state index in [1.165, 1.54) is 0 Å². The molecule has 1 aromatic heterocycles. The lowest BCUT2D eigenvalue weighted by Crippen LogP contribution is -2.28. The molecule has 0 aliphatic carbocycles. The van der Waals surface area contributed by atoms with Crippen molar-refractivity contribution < 1.29 is 4.79 Å². The highest BCUT2D eigenvalue weighted by Crippen LogP contribution is 2.18. The molecule has 1 heterocycles. The predicted octanol–water partition coefficient (Wildman–Crippen LogP) is 2.65. The number of aromatic nitrogens is 2. The highest BCUT2D eigenvalue weighted by atomic mass is 16.1. The normalized spacial score (nSPS) is 11.0. The first-order chi connectivity index (χ1) is 12.0. The van der Waals surface area contributed by atoms with Crippen LogP contribution in [0.15, 0.2) is 36.4 Å². The van der Waals surface area contributed by atoms with E-state index in [1.807, 2.05) is 58.3 Å². The van der Waals surface area contributed by atoms with Crippen LogP contribution in [0.4, 0.5) is 5.82 Å². The molecule has 0 spiro atoms. The van der Waals surface area contributed by atoms with Crippen molar-refractivity contribution in [1.82, 2.24) is 20.2 Å². The van der Waals surface area contributed by atoms with Gasteiger partial charge in [-0.1, -0.05) is 30.3 Å². The van der Waals surface area contributed by atoms with Gasteiger partial charge in [-0.15, -0.1) is 0 Å². The SMILES string of the molecule is CC(C)Nc1cc(C(=O)NCCCN(C)C)nc(-c2ccccc2)n1. The topological polar surface area (TPSA) is 70.2 Å². The van der Waals surface area contributed by atoms with E-state index in [2.05, 4.69) is 25.5 Å². The third-order valence-electron chi connectivity index (χ3n) is 3.49. The van der Waals surface area contributed by atoms with Crippen molar-refractivity contribution in [2.24, 2.45) is 0 Å². The first kappa shape index (κ1) is 18.9. The number of nitrogens with zero attached hydrogens (tertiary/aromatic N) is 3. The van der Waals surface area contributed by atoms with Crippen molar-refractivity contribution in [3.8, 4) is 11.4 Å². The molecule has 2 N–H and O–H groups in total. The lowest BCUT2D eigenvalue weighted by molar-refractivity contribution is 0.0947. The summed E-state index contributed by atoms with van der Waals surface area (Å²) in [6.07, 6.45) is 0.895. The molecule has 0 aliphatic rings. The Kier molecular flexibility index (Phi) is 6.89. The molecule has 0 fully saturated rings. The summed E-state index contributed by atoms with van der Waals surface area (Å²) in [5, 5.41) is 6.18. The summed E-state index contributed by atoms with van der Waals surface area (Å²) in [5.41, 5.74) is 1.26. The van der Waals surface area contributed by atoms with E-state index in [1.54, 1.807) is 6.07 Å². The predicted molar refractivity (Wildman–Crippen MR) is 102 cm³/mol. The molecule has 6 heteroatoms. The van der Waals surface area contributed by atoms with Crippen LogP contribution in [0.2, 0.25) is 0 Å². The fourth-order valence-corrected chi connectivity index (χ4v) is 2.34. The Balaban J connectivity index is 2.19. The molecule has 1 aromatic carbocycles. The number of hydrogen-bond donors (Lipinski definition) is 2. The van der Waals surface area contributed by atoms with Gasteiger partial charge in [-0.25, -0.2) is 9.97 Å². The second-order valence-electron chi connectivity index (χ2n) is 6.54. The summed E-state index contributed by atoms with van der Waals surface area (Å²) < 4.78 is 0. The van der Waals surface area contributed by atoms with Gasteiger partial charge in [0.25, 0.3) is 5.91 Å². The van der Waals surface area contributed by atoms with E-state index in [0.29, 0.717) is 23.9 Å². The van der Waals surface area contributed by atoms with Gasteiger partial charge in [0, 0.05) is 24.2 Å². The van der Waals surface area contributed by atoms with Crippen molar-refractivity contribution >= 4 is 11.7 Å². The van der Waals surface area contributed by atoms with Gasteiger partial charge in [-0.05, 0) is 40.9 Å². The largest absolute Gasteiger partial charge is 0.368 e. The second-order valence-corrected chi connectivity index (χ2v) is 6.54. The minimum absolute atomic E-state index is 0.176. The molecule has 2 rings (SSSR count). The Hall–Kier alpha value is -2.47. The fraction of sp³-hybridized carbons (Fsp3) is 0.421. The molecule has 0 radical (unpaired) electrons. The average molecular weight is 341 g/mol. The van der Waals surface area contributed by atoms with Crippen molar-refractivity contribution in [1.29, 1.82) is 0 Å². The number of carbonyl (C=O) groups is 1. The van der Waals surface area contributed by atoms with Crippen molar-refractivity contribution in [2.75, 3.05) is 32.5 Å². The molecule has 1 amide bonds. The van der Waals surface area contributed by atoms with Crippen LogP contribution < -0.4 is 10.6 Å². The zero-order valence-electron chi connectivity index (χ0n) is 15.4. The number of carbonyl (C=O) groups excluding carboxylic acids is 1. The highest BCUT2D eigenvalue weighted by molar-refractivity contribution is 5.93. The Morgan fingerprint density at radius 1 is 1.16 bits per heavy atom. The fourth-order valence-electron chi connectivity index (χ4n) is 2.34. The zero-order chi connectivity index (χ0) is 18.2. The molecule has 134 valence electrons. The lowest BCUT2D eigenvalue weighted by atomic mass is 10.2. The average Bonchev–Trinajstić information content (AvgIpc) is 2.58. The van der Waals surface area contributed by atoms with Gasteiger partial charge in [0.2, 0.25) is 0 Å². The van der Waals surface area contributed by atoms with E-state index < -0.39 is 0 Å². The van der Waals surface area contributed by atoms with Gasteiger partial charge in [0.15, 0.2) is 5.82 Å². The van der Waals surface area contributed by atoms with Crippen LogP contribution in [-0.4, -0.2) is 54.0 Å². The third kappa shape index (κ3) is 6.15. The third-order valence-corrected chi connectivity index (χ3v) is 3.49. The van der Waals surface area contributed by atoms with Crippen LogP contribution in [-0.2, 0) is 0 Å². The summed E-state index contributed by atoms with van der Waals surface area (Å²) in [4.78, 5) is 23.5. The van der Waals surface area contributed by atoms with Crippen LogP contribution in [0.25, 0.3) is 11.4 Å². The minimum Gasteiger partial charge on any atom is -0.368 e. The molecule has 0 aliphatic heterocycles. The number of anilines is 1. The number of nitrogens with one attached hydrogen (secondary N) is 2. The van der Waals surface area contributed by atoms with E-state index in [0.717, 1.165) is 18.5 Å². The van der Waals surface area contributed by atoms with E-state index in [4.69, 9.17) is 0 Å². The molecule has 0 saturated carbocycles. The maximum absolute atomic E-state index is 12.5. The Morgan fingerprint density at radius 3 is 2.52 bits per heavy atom. The molecule has 0 saturated heterocycles. The quantitative estimate of drug-likeness (QED) is 0.722. The maximum Gasteiger partial charge on any atom is 0.270 e. The van der Waals surface area contributed by atoms with Gasteiger partial charge >= 0.3 is 0 Å². The van der Waals surface area contributed by atoms with Crippen molar-refractivity contribution in [3.05, 3.63) is 42.1 Å². The van der Waals surface area contributed by atoms with Crippen molar-refractivity contribution in [3.63, 3.8) is 0 Å². The van der Waals surface area contributed by atoms with Crippen LogP contribution >= 0.6 is 0 Å². The molecule has 2 aromatic rings. The molecule has 0 bridgehead atoms. The molecule has 25 heavy (non-hydrogen) atoms. The summed E-state index contributed by atoms with van der Waals surface area (Å²) in [7, 11) is 4.03. The van der Waals surface area contributed by atoms with Gasteiger partial charge in [-0.2, -0.15) is 0 Å². The first-order valence-corrected chi connectivity index (χ1v) is 8.59. The lowest BCUT2D eigenvalue weighted by Gasteiger charge is -2.13. The van der Waals surface area contributed by atoms with Gasteiger partial charge in [-0.3, -0.25) is 4.79 Å². The molecule has 0 unspecified atom stereocenters. The van der Waals surface area contributed by atoms with E-state index >= 15 is 0 Å². The van der Waals surface area contributed by atoms with Crippen LogP contribution in [0.3, 0.4) is 0 Å². The van der Waals surface area contributed by atoms with Crippen LogP contribution in [0.1, 0.15) is 30.8 Å². The zero-order valence-corrected chi connectivity index (χ0v) is 15.4. The summed E-state index contributed by atoms with van der Waals surface area (Å²) in [6.45, 7) is 5.62. The van der Waals surface area contributed by atoms with Gasteiger partial charge in [0.1, 0.15) is 11.5 Å². The monoisotopic (exact) mass is 341 g/mol. The first-order valence-electron chi connectivity index (χ1n) is 8.59. The summed E-state index contributed by atoms with van der Waals surface area (Å²) >= 11 is 0. The second kappa shape index (κ2) is 9.13. The van der Waals surface area contributed by atoms with E-state index in [9.17, 15) is 4.79 Å². The summed E-state index contributed by atoms with van der Waals surface area (Å²) in [6, 6.07) is 11.6. The van der Waals surface area contributed by atoms with Crippen LogP contribution in [0.5, 0.6) is 0 Å². The number of rotatable bonds is 8. The molecular weight excluding hydrogens is 314 g/mol. The standard InChI is InChI=1S/C19H27N5O/c1-14(2)21-17-13-16(19(25)20-11-8-12-24(3)4)22-18(23-17)15-9-6-5-7-10-15/h5-7,9-10,13-14H,8,11-12H2,1-4H3,(H,20,25)(H,21,22,23). The molecule has 6 nitrogen and oxygen atoms in total. The Labute approximate surface area is 149 Å². The van der Waals surface area contributed by atoms with Crippen LogP contribution in [0, 0.1) is 0 Å².